The molecule has 2 atom stereocenters. The summed E-state index contributed by atoms with van der Waals surface area (Å²) in [6.07, 6.45) is 5.00. The number of aromatic nitrogens is 1. The number of rotatable bonds is 4. The van der Waals surface area contributed by atoms with Crippen LogP contribution in [0.4, 0.5) is 5.13 Å². The Hall–Kier alpha value is -2.80. The first kappa shape index (κ1) is 17.6. The van der Waals surface area contributed by atoms with Gasteiger partial charge < -0.3 is 5.32 Å². The van der Waals surface area contributed by atoms with E-state index in [1.807, 2.05) is 48.7 Å². The van der Waals surface area contributed by atoms with Crippen LogP contribution < -0.4 is 5.32 Å². The van der Waals surface area contributed by atoms with Gasteiger partial charge in [0, 0.05) is 10.9 Å². The Kier molecular flexibility index (Phi) is 4.61. The van der Waals surface area contributed by atoms with Gasteiger partial charge in [0.05, 0.1) is 17.5 Å². The minimum Gasteiger partial charge on any atom is -0.300 e. The molecule has 1 saturated heterocycles. The Labute approximate surface area is 160 Å². The van der Waals surface area contributed by atoms with E-state index >= 15 is 0 Å². The predicted molar refractivity (Wildman–Crippen MR) is 103 cm³/mol. The van der Waals surface area contributed by atoms with Crippen LogP contribution in [0.15, 0.2) is 41.8 Å². The molecule has 2 heterocycles. The Bertz CT molecular complexity index is 906. The summed E-state index contributed by atoms with van der Waals surface area (Å²) in [5, 5.41) is 5.02. The third kappa shape index (κ3) is 3.42. The van der Waals surface area contributed by atoms with Gasteiger partial charge >= 0.3 is 0 Å². The van der Waals surface area contributed by atoms with Crippen LogP contribution in [0.3, 0.4) is 0 Å². The third-order valence-electron chi connectivity index (χ3n) is 5.00. The lowest BCUT2D eigenvalue weighted by molar-refractivity contribution is -0.142. The van der Waals surface area contributed by atoms with E-state index in [0.29, 0.717) is 18.0 Å². The SMILES string of the molecule is Cc1ccc(-c2csc(NC(=O)CN3C(=O)[C@@H]4CC=CC[C@H]4C3=O)n2)cc1. The fraction of sp³-hybridized carbons (Fsp3) is 0.300. The van der Waals surface area contributed by atoms with Gasteiger partial charge in [0.2, 0.25) is 17.7 Å². The Morgan fingerprint density at radius 2 is 1.78 bits per heavy atom. The van der Waals surface area contributed by atoms with E-state index in [1.165, 1.54) is 16.9 Å². The van der Waals surface area contributed by atoms with Crippen molar-refractivity contribution in [3.8, 4) is 11.3 Å². The molecule has 1 aromatic heterocycles. The summed E-state index contributed by atoms with van der Waals surface area (Å²) in [4.78, 5) is 42.7. The number of hydrogen-bond donors (Lipinski definition) is 1. The largest absolute Gasteiger partial charge is 0.300 e. The molecule has 1 N–H and O–H groups in total. The number of allylic oxidation sites excluding steroid dienone is 2. The molecule has 1 aromatic carbocycles. The average molecular weight is 381 g/mol. The Morgan fingerprint density at radius 1 is 1.15 bits per heavy atom. The van der Waals surface area contributed by atoms with Crippen LogP contribution in [-0.4, -0.2) is 34.2 Å². The molecule has 0 spiro atoms. The van der Waals surface area contributed by atoms with E-state index in [9.17, 15) is 14.4 Å². The van der Waals surface area contributed by atoms with Crippen molar-refractivity contribution in [1.29, 1.82) is 0 Å². The summed E-state index contributed by atoms with van der Waals surface area (Å²) in [5.41, 5.74) is 2.91. The van der Waals surface area contributed by atoms with Gasteiger partial charge in [0.1, 0.15) is 6.54 Å². The first-order valence-electron chi connectivity index (χ1n) is 8.85. The smallest absolute Gasteiger partial charge is 0.246 e. The molecule has 6 nitrogen and oxygen atoms in total. The maximum atomic E-state index is 12.4. The summed E-state index contributed by atoms with van der Waals surface area (Å²) < 4.78 is 0. The van der Waals surface area contributed by atoms with Crippen LogP contribution in [0.1, 0.15) is 18.4 Å². The number of imide groups is 1. The summed E-state index contributed by atoms with van der Waals surface area (Å²) in [6.45, 7) is 1.76. The standard InChI is InChI=1S/C20H19N3O3S/c1-12-6-8-13(9-7-12)16-11-27-20(21-16)22-17(24)10-23-18(25)14-4-2-3-5-15(14)19(23)26/h2-3,6-9,11,14-15H,4-5,10H2,1H3,(H,21,22,24)/t14-,15-/m1/s1. The minimum atomic E-state index is -0.409. The first-order valence-corrected chi connectivity index (χ1v) is 9.73. The van der Waals surface area contributed by atoms with Crippen LogP contribution >= 0.6 is 11.3 Å². The second kappa shape index (κ2) is 7.08. The normalized spacial score (nSPS) is 21.4. The number of likely N-dealkylation sites (tertiary alicyclic amines) is 1. The molecule has 0 saturated carbocycles. The topological polar surface area (TPSA) is 79.4 Å². The van der Waals surface area contributed by atoms with Gasteiger partial charge in [0.25, 0.3) is 0 Å². The second-order valence-corrected chi connectivity index (χ2v) is 7.73. The third-order valence-corrected chi connectivity index (χ3v) is 5.76. The molecule has 0 radical (unpaired) electrons. The van der Waals surface area contributed by atoms with Gasteiger partial charge in [-0.15, -0.1) is 11.3 Å². The highest BCUT2D eigenvalue weighted by Crippen LogP contribution is 2.35. The lowest BCUT2D eigenvalue weighted by Crippen LogP contribution is -2.38. The maximum Gasteiger partial charge on any atom is 0.246 e. The molecular weight excluding hydrogens is 362 g/mol. The molecule has 2 aromatic rings. The summed E-state index contributed by atoms with van der Waals surface area (Å²) in [5.74, 6) is -1.53. The molecule has 2 aliphatic rings. The Morgan fingerprint density at radius 3 is 2.41 bits per heavy atom. The second-order valence-electron chi connectivity index (χ2n) is 6.87. The van der Waals surface area contributed by atoms with E-state index in [1.54, 1.807) is 0 Å². The molecule has 0 unspecified atom stereocenters. The number of carbonyl (C=O) groups is 3. The van der Waals surface area contributed by atoms with Crippen molar-refractivity contribution >= 4 is 34.2 Å². The average Bonchev–Trinajstić information content (AvgIpc) is 3.22. The van der Waals surface area contributed by atoms with Gasteiger partial charge in [-0.3, -0.25) is 19.3 Å². The molecule has 0 bridgehead atoms. The highest BCUT2D eigenvalue weighted by Gasteiger charge is 2.47. The van der Waals surface area contributed by atoms with Crippen LogP contribution in [0.5, 0.6) is 0 Å². The molecule has 138 valence electrons. The molecular formula is C20H19N3O3S. The lowest BCUT2D eigenvalue weighted by atomic mass is 9.85. The van der Waals surface area contributed by atoms with Gasteiger partial charge in [0.15, 0.2) is 5.13 Å². The minimum absolute atomic E-state index is 0.246. The first-order chi connectivity index (χ1) is 13.0. The number of hydrogen-bond acceptors (Lipinski definition) is 5. The van der Waals surface area contributed by atoms with Gasteiger partial charge in [-0.25, -0.2) is 4.98 Å². The fourth-order valence-corrected chi connectivity index (χ4v) is 4.25. The molecule has 1 fully saturated rings. The number of fused-ring (bicyclic) bond motifs is 1. The van der Waals surface area contributed by atoms with Gasteiger partial charge in [-0.2, -0.15) is 0 Å². The zero-order valence-corrected chi connectivity index (χ0v) is 15.7. The van der Waals surface area contributed by atoms with Gasteiger partial charge in [-0.05, 0) is 19.8 Å². The summed E-state index contributed by atoms with van der Waals surface area (Å²) >= 11 is 1.32. The maximum absolute atomic E-state index is 12.4. The quantitative estimate of drug-likeness (QED) is 0.652. The van der Waals surface area contributed by atoms with Crippen LogP contribution in [0.2, 0.25) is 0 Å². The number of thiazole rings is 1. The van der Waals surface area contributed by atoms with Crippen LogP contribution in [0.25, 0.3) is 11.3 Å². The fourth-order valence-electron chi connectivity index (χ4n) is 3.52. The van der Waals surface area contributed by atoms with Crippen LogP contribution in [-0.2, 0) is 14.4 Å². The lowest BCUT2D eigenvalue weighted by Gasteiger charge is -2.14. The van der Waals surface area contributed by atoms with Crippen molar-refractivity contribution in [3.63, 3.8) is 0 Å². The zero-order chi connectivity index (χ0) is 19.0. The highest BCUT2D eigenvalue weighted by atomic mass is 32.1. The van der Waals surface area contributed by atoms with E-state index in [-0.39, 0.29) is 30.2 Å². The Balaban J connectivity index is 1.41. The molecule has 3 amide bonds. The number of anilines is 1. The highest BCUT2D eigenvalue weighted by molar-refractivity contribution is 7.14. The number of carbonyl (C=O) groups excluding carboxylic acids is 3. The van der Waals surface area contributed by atoms with Crippen molar-refractivity contribution in [2.24, 2.45) is 11.8 Å². The number of aryl methyl sites for hydroxylation is 1. The summed E-state index contributed by atoms with van der Waals surface area (Å²) in [6, 6.07) is 7.97. The van der Waals surface area contributed by atoms with Crippen molar-refractivity contribution in [1.82, 2.24) is 9.88 Å². The zero-order valence-electron chi connectivity index (χ0n) is 14.8. The molecule has 1 aliphatic carbocycles. The summed E-state index contributed by atoms with van der Waals surface area (Å²) in [7, 11) is 0. The van der Waals surface area contributed by atoms with Crippen molar-refractivity contribution in [3.05, 3.63) is 47.4 Å². The van der Waals surface area contributed by atoms with E-state index in [4.69, 9.17) is 0 Å². The number of nitrogens with zero attached hydrogens (tertiary/aromatic N) is 2. The van der Waals surface area contributed by atoms with Gasteiger partial charge in [-0.1, -0.05) is 42.0 Å². The number of amides is 3. The molecule has 4 rings (SSSR count). The van der Waals surface area contributed by atoms with E-state index < -0.39 is 5.91 Å². The predicted octanol–water partition coefficient (Wildman–Crippen LogP) is 3.01. The number of benzene rings is 1. The molecule has 7 heteroatoms. The van der Waals surface area contributed by atoms with Crippen molar-refractivity contribution < 1.29 is 14.4 Å². The van der Waals surface area contributed by atoms with Crippen molar-refractivity contribution in [2.45, 2.75) is 19.8 Å². The molecule has 1 aliphatic heterocycles. The van der Waals surface area contributed by atoms with Crippen LogP contribution in [0, 0.1) is 18.8 Å². The molecule has 27 heavy (non-hydrogen) atoms. The monoisotopic (exact) mass is 381 g/mol. The van der Waals surface area contributed by atoms with Crippen molar-refractivity contribution in [2.75, 3.05) is 11.9 Å². The van der Waals surface area contributed by atoms with E-state index in [2.05, 4.69) is 10.3 Å². The van der Waals surface area contributed by atoms with E-state index in [0.717, 1.165) is 16.2 Å². The number of nitrogens with one attached hydrogen (secondary N) is 1.